The molecule has 16 atom stereocenters. The average Bonchev–Trinajstić information content (AvgIpc) is 3.71. The van der Waals surface area contributed by atoms with Crippen LogP contribution < -0.4 is 0 Å². The van der Waals surface area contributed by atoms with Crippen molar-refractivity contribution in [2.45, 2.75) is 138 Å². The Kier molecular flexibility index (Phi) is 8.02. The minimum atomic E-state index is -2.16. The first kappa shape index (κ1) is 34.7. The largest absolute Gasteiger partial charge is 0.459 e. The molecule has 11 nitrogen and oxygen atoms in total. The van der Waals surface area contributed by atoms with Gasteiger partial charge in [-0.25, -0.2) is 4.79 Å². The number of ether oxygens (including phenoxy) is 6. The summed E-state index contributed by atoms with van der Waals surface area (Å²) >= 11 is 0. The van der Waals surface area contributed by atoms with E-state index in [9.17, 15) is 24.9 Å². The third-order valence-corrected chi connectivity index (χ3v) is 14.0. The summed E-state index contributed by atoms with van der Waals surface area (Å²) in [5, 5.41) is 37.4. The van der Waals surface area contributed by atoms with Gasteiger partial charge in [-0.15, -0.1) is 0 Å². The summed E-state index contributed by atoms with van der Waals surface area (Å²) in [6, 6.07) is 8.59. The molecule has 7 fully saturated rings. The third kappa shape index (κ3) is 4.28. The summed E-state index contributed by atoms with van der Waals surface area (Å²) in [6.45, 7) is 13.0. The van der Waals surface area contributed by atoms with E-state index >= 15 is 0 Å². The van der Waals surface area contributed by atoms with Gasteiger partial charge >= 0.3 is 11.9 Å². The van der Waals surface area contributed by atoms with Gasteiger partial charge in [0, 0.05) is 31.1 Å². The summed E-state index contributed by atoms with van der Waals surface area (Å²) < 4.78 is 40.5. The molecule has 3 N–H and O–H groups in total. The van der Waals surface area contributed by atoms with Crippen molar-refractivity contribution in [2.24, 2.45) is 35.5 Å². The van der Waals surface area contributed by atoms with Crippen LogP contribution >= 0.6 is 0 Å². The summed E-state index contributed by atoms with van der Waals surface area (Å²) in [5.41, 5.74) is -5.58. The maximum atomic E-state index is 13.9. The molecule has 4 heterocycles. The van der Waals surface area contributed by atoms with Gasteiger partial charge in [0.1, 0.15) is 41.7 Å². The van der Waals surface area contributed by atoms with Crippen LogP contribution in [0.15, 0.2) is 42.5 Å². The second-order valence-electron chi connectivity index (χ2n) is 16.5. The fourth-order valence-electron chi connectivity index (χ4n) is 12.0. The summed E-state index contributed by atoms with van der Waals surface area (Å²) in [5.74, 6) is -5.72. The zero-order valence-corrected chi connectivity index (χ0v) is 29.7. The number of hydrogen-bond acceptors (Lipinski definition) is 11. The van der Waals surface area contributed by atoms with E-state index in [1.807, 2.05) is 20.8 Å². The summed E-state index contributed by atoms with van der Waals surface area (Å²) in [6.07, 6.45) is 0.510. The fraction of sp³-hybridized carbons (Fsp3) is 0.744. The van der Waals surface area contributed by atoms with E-state index < -0.39 is 101 Å². The Morgan fingerprint density at radius 3 is 2.32 bits per heavy atom. The molecule has 8 rings (SSSR count). The van der Waals surface area contributed by atoms with Gasteiger partial charge in [0.05, 0.1) is 17.8 Å². The van der Waals surface area contributed by atoms with E-state index in [4.69, 9.17) is 28.4 Å². The Bertz CT molecular complexity index is 1550. The van der Waals surface area contributed by atoms with Gasteiger partial charge in [0.15, 0.2) is 5.60 Å². The Hall–Kier alpha value is -2.38. The topological polar surface area (TPSA) is 154 Å². The molecule has 0 aromatic heterocycles. The molecule has 4 saturated heterocycles. The van der Waals surface area contributed by atoms with Crippen LogP contribution in [0.25, 0.3) is 0 Å². The van der Waals surface area contributed by atoms with Crippen LogP contribution in [0.3, 0.4) is 0 Å². The van der Waals surface area contributed by atoms with E-state index in [1.54, 1.807) is 30.3 Å². The second-order valence-corrected chi connectivity index (χ2v) is 16.5. The van der Waals surface area contributed by atoms with E-state index in [0.717, 1.165) is 38.5 Å². The van der Waals surface area contributed by atoms with Crippen molar-refractivity contribution in [3.8, 4) is 0 Å². The number of benzene rings is 1. The van der Waals surface area contributed by atoms with Crippen molar-refractivity contribution in [1.82, 2.24) is 0 Å². The molecule has 2 spiro atoms. The highest BCUT2D eigenvalue weighted by Crippen LogP contribution is 2.76. The van der Waals surface area contributed by atoms with E-state index in [1.165, 1.54) is 6.92 Å². The lowest BCUT2D eigenvalue weighted by Gasteiger charge is -2.63. The number of hydrogen-bond donors (Lipinski definition) is 3. The average molecular weight is 697 g/mol. The molecule has 3 bridgehead atoms. The first-order chi connectivity index (χ1) is 23.7. The van der Waals surface area contributed by atoms with Gasteiger partial charge in [-0.05, 0) is 48.8 Å². The van der Waals surface area contributed by atoms with Gasteiger partial charge in [-0.2, -0.15) is 0 Å². The summed E-state index contributed by atoms with van der Waals surface area (Å²) in [4.78, 5) is 26.8. The first-order valence-corrected chi connectivity index (χ1v) is 18.6. The van der Waals surface area contributed by atoms with Crippen LogP contribution in [0, 0.1) is 35.5 Å². The SMILES string of the molecule is C=C(C)[C@@]12OC34CCCCCCCC(C)C5C6[C@](O)([C@H](O)[C@@]7(CO)O[C@H]7[C@@H]([C@H]1O3)[C@]6(O4)[C@H](C)[C@H]2OC(C)=O)[C@@H](OC(=O)c1ccccc1)[C@H]5C. The van der Waals surface area contributed by atoms with Crippen LogP contribution in [0.1, 0.15) is 89.9 Å². The highest BCUT2D eigenvalue weighted by molar-refractivity contribution is 5.89. The van der Waals surface area contributed by atoms with Crippen LogP contribution in [0.4, 0.5) is 0 Å². The molecule has 274 valence electrons. The molecule has 4 aliphatic heterocycles. The van der Waals surface area contributed by atoms with Crippen molar-refractivity contribution < 1.29 is 53.3 Å². The molecule has 0 radical (unpaired) electrons. The van der Waals surface area contributed by atoms with Crippen LogP contribution in [-0.2, 0) is 33.2 Å². The number of aliphatic hydroxyl groups is 3. The third-order valence-electron chi connectivity index (χ3n) is 14.0. The van der Waals surface area contributed by atoms with Gasteiger partial charge in [-0.1, -0.05) is 77.7 Å². The molecular weight excluding hydrogens is 644 g/mol. The van der Waals surface area contributed by atoms with E-state index in [-0.39, 0.29) is 11.8 Å². The van der Waals surface area contributed by atoms with Gasteiger partial charge in [-0.3, -0.25) is 4.79 Å². The van der Waals surface area contributed by atoms with Crippen LogP contribution in [-0.4, -0.2) is 92.8 Å². The molecule has 0 amide bonds. The Balaban J connectivity index is 1.40. The minimum absolute atomic E-state index is 0.00137. The Morgan fingerprint density at radius 1 is 0.940 bits per heavy atom. The number of esters is 2. The second kappa shape index (κ2) is 11.6. The maximum absolute atomic E-state index is 13.9. The van der Waals surface area contributed by atoms with Gasteiger partial charge in [0.25, 0.3) is 5.97 Å². The zero-order valence-electron chi connectivity index (χ0n) is 29.7. The lowest BCUT2D eigenvalue weighted by molar-refractivity contribution is -0.439. The molecule has 1 aromatic carbocycles. The molecule has 1 aromatic rings. The lowest BCUT2D eigenvalue weighted by Crippen LogP contribution is -2.77. The monoisotopic (exact) mass is 696 g/mol. The predicted octanol–water partition coefficient (Wildman–Crippen LogP) is 4.06. The summed E-state index contributed by atoms with van der Waals surface area (Å²) in [7, 11) is 0. The molecule has 4 unspecified atom stereocenters. The molecule has 50 heavy (non-hydrogen) atoms. The number of aliphatic hydroxyl groups excluding tert-OH is 2. The number of rotatable bonds is 5. The number of fused-ring (bicyclic) bond motifs is 1. The van der Waals surface area contributed by atoms with Crippen molar-refractivity contribution >= 4 is 11.9 Å². The first-order valence-electron chi connectivity index (χ1n) is 18.6. The molecule has 11 heteroatoms. The quantitative estimate of drug-likeness (QED) is 0.232. The smallest absolute Gasteiger partial charge is 0.338 e. The van der Waals surface area contributed by atoms with Crippen LogP contribution in [0.5, 0.6) is 0 Å². The highest BCUT2D eigenvalue weighted by Gasteiger charge is 2.92. The van der Waals surface area contributed by atoms with Crippen molar-refractivity contribution in [1.29, 1.82) is 0 Å². The van der Waals surface area contributed by atoms with Crippen molar-refractivity contribution in [3.05, 3.63) is 48.0 Å². The standard InChI is InChI=1S/C39H52O11/c1-20(2)38-30(45-24(6)41)23(5)39-27-31-35(19-40,47-31)34(43)37(44)28(39)26(22(4)29(37)46-33(42)25-16-12-10-13-17-25)21(3)15-11-8-7-9-14-18-36(49-38,50-39)48-32(27)38/h10,12-13,16-17,21-23,26-32,34,40,43-44H,1,7-9,11,14-15,18-19H2,2-6H3/t21?,22-,23+,26?,27-,28?,29-,30+,31-,32+,34+,35-,36?,37+,38-,39+/m0/s1. The van der Waals surface area contributed by atoms with E-state index in [0.29, 0.717) is 17.6 Å². The predicted molar refractivity (Wildman–Crippen MR) is 177 cm³/mol. The van der Waals surface area contributed by atoms with Crippen LogP contribution in [0.2, 0.25) is 0 Å². The molecule has 7 aliphatic rings. The molecule has 3 saturated carbocycles. The number of carbonyl (C=O) groups is 2. The van der Waals surface area contributed by atoms with Gasteiger partial charge in [0.2, 0.25) is 0 Å². The number of carbonyl (C=O) groups excluding carboxylic acids is 2. The van der Waals surface area contributed by atoms with Gasteiger partial charge < -0.3 is 43.7 Å². The molecular formula is C39H52O11. The van der Waals surface area contributed by atoms with Crippen molar-refractivity contribution in [2.75, 3.05) is 6.61 Å². The lowest BCUT2D eigenvalue weighted by atomic mass is 9.50. The maximum Gasteiger partial charge on any atom is 0.338 e. The zero-order chi connectivity index (χ0) is 35.6. The van der Waals surface area contributed by atoms with Crippen molar-refractivity contribution in [3.63, 3.8) is 0 Å². The fourth-order valence-corrected chi connectivity index (χ4v) is 12.0. The highest BCUT2D eigenvalue weighted by atomic mass is 16.9. The number of epoxide rings is 1. The minimum Gasteiger partial charge on any atom is -0.459 e. The Morgan fingerprint density at radius 2 is 1.64 bits per heavy atom. The van der Waals surface area contributed by atoms with E-state index in [2.05, 4.69) is 13.5 Å². The normalized spacial score (nSPS) is 51.6. The Labute approximate surface area is 293 Å². The molecule has 3 aliphatic carbocycles.